The van der Waals surface area contributed by atoms with E-state index < -0.39 is 0 Å². The maximum Gasteiger partial charge on any atom is 0.254 e. The van der Waals surface area contributed by atoms with Gasteiger partial charge in [0.1, 0.15) is 0 Å². The quantitative estimate of drug-likeness (QED) is 0.477. The minimum Gasteiger partial charge on any atom is -0.343 e. The Morgan fingerprint density at radius 1 is 1.07 bits per heavy atom. The summed E-state index contributed by atoms with van der Waals surface area (Å²) in [5.41, 5.74) is 1.97. The Morgan fingerprint density at radius 2 is 1.74 bits per heavy atom. The summed E-state index contributed by atoms with van der Waals surface area (Å²) in [5, 5.41) is 6.50. The van der Waals surface area contributed by atoms with Gasteiger partial charge in [0.2, 0.25) is 0 Å². The summed E-state index contributed by atoms with van der Waals surface area (Å²) >= 11 is 0. The predicted octanol–water partition coefficient (Wildman–Crippen LogP) is 3.36. The molecule has 0 unspecified atom stereocenters. The average molecular weight is 359 g/mol. The largest absolute Gasteiger partial charge is 0.343 e. The number of carbonyl (C=O) groups is 2. The third-order valence-electron chi connectivity index (χ3n) is 6.19. The Bertz CT molecular complexity index is 984. The van der Waals surface area contributed by atoms with Crippen LogP contribution < -0.4 is 0 Å². The van der Waals surface area contributed by atoms with Crippen molar-refractivity contribution in [1.29, 1.82) is 0 Å². The van der Waals surface area contributed by atoms with Gasteiger partial charge >= 0.3 is 0 Å². The fourth-order valence-corrected chi connectivity index (χ4v) is 4.96. The summed E-state index contributed by atoms with van der Waals surface area (Å²) in [6.45, 7) is 4.49. The van der Waals surface area contributed by atoms with Crippen molar-refractivity contribution >= 4 is 28.9 Å². The minimum absolute atomic E-state index is 0.143. The molecule has 2 heterocycles. The summed E-state index contributed by atoms with van der Waals surface area (Å²) in [6.07, 6.45) is 11.7. The number of aromatic nitrogens is 1. The molecule has 1 aromatic heterocycles. The highest BCUT2D eigenvalue weighted by Crippen LogP contribution is 2.49. The normalized spacial score (nSPS) is 29.3. The van der Waals surface area contributed by atoms with Crippen LogP contribution >= 0.6 is 0 Å². The first-order chi connectivity index (χ1) is 13.2. The Hall–Kier alpha value is -2.95. The molecule has 1 aliphatic heterocycles. The van der Waals surface area contributed by atoms with Crippen molar-refractivity contribution in [3.63, 3.8) is 0 Å². The van der Waals surface area contributed by atoms with Gasteiger partial charge in [-0.2, -0.15) is 10.1 Å². The Balaban J connectivity index is 1.48. The van der Waals surface area contributed by atoms with E-state index in [2.05, 4.69) is 28.4 Å². The van der Waals surface area contributed by atoms with Crippen molar-refractivity contribution < 1.29 is 9.59 Å². The maximum absolute atomic E-state index is 12.9. The van der Waals surface area contributed by atoms with Gasteiger partial charge in [0.05, 0.1) is 18.1 Å². The third kappa shape index (κ3) is 2.34. The Morgan fingerprint density at radius 3 is 2.37 bits per heavy atom. The highest BCUT2D eigenvalue weighted by Gasteiger charge is 2.56. The van der Waals surface area contributed by atoms with Gasteiger partial charge in [-0.1, -0.05) is 36.4 Å². The van der Waals surface area contributed by atoms with Crippen LogP contribution in [0.25, 0.3) is 10.9 Å². The van der Waals surface area contributed by atoms with Crippen LogP contribution in [0.5, 0.6) is 0 Å². The molecule has 27 heavy (non-hydrogen) atoms. The van der Waals surface area contributed by atoms with Gasteiger partial charge in [0.25, 0.3) is 11.8 Å². The van der Waals surface area contributed by atoms with E-state index in [0.717, 1.165) is 34.3 Å². The monoisotopic (exact) mass is 359 g/mol. The van der Waals surface area contributed by atoms with Crippen molar-refractivity contribution in [1.82, 2.24) is 9.58 Å². The predicted molar refractivity (Wildman–Crippen MR) is 104 cm³/mol. The molecule has 2 amide bonds. The minimum atomic E-state index is -0.222. The molecular formula is C22H21N3O2. The number of hydrogen-bond acceptors (Lipinski definition) is 3. The summed E-state index contributed by atoms with van der Waals surface area (Å²) in [4.78, 5) is 25.7. The summed E-state index contributed by atoms with van der Waals surface area (Å²) < 4.78 is 2.08. The standard InChI is InChI=1S/C22H21N3O2/c1-2-11-24-13-16(17-5-3-4-6-18(17)24)12-23-25-21(26)19-14-7-8-15(10-9-14)20(19)22(25)27/h2-8,12-15,19-20H,1,9-11H2/b23-12-/t14-,15-,19-,20-/m0/s1. The zero-order valence-corrected chi connectivity index (χ0v) is 15.0. The molecule has 0 radical (unpaired) electrons. The topological polar surface area (TPSA) is 54.7 Å². The van der Waals surface area contributed by atoms with E-state index in [0.29, 0.717) is 6.54 Å². The number of amides is 2. The molecule has 2 bridgehead atoms. The second-order valence-electron chi connectivity index (χ2n) is 7.62. The fourth-order valence-electron chi connectivity index (χ4n) is 4.96. The van der Waals surface area contributed by atoms with Crippen LogP contribution in [0.15, 0.2) is 60.4 Å². The zero-order chi connectivity index (χ0) is 18.5. The van der Waals surface area contributed by atoms with E-state index in [1.165, 1.54) is 0 Å². The first-order valence-electron chi connectivity index (χ1n) is 9.48. The smallest absolute Gasteiger partial charge is 0.254 e. The number of imide groups is 1. The van der Waals surface area contributed by atoms with Crippen LogP contribution in [0.3, 0.4) is 0 Å². The SMILES string of the molecule is C=CCn1cc(/C=N\N2C(=O)[C@@H]3[C@@H](C2=O)[C@H]2C=C[C@H]3CC2)c2ccccc21. The number of rotatable bonds is 4. The molecule has 4 atom stereocenters. The van der Waals surface area contributed by atoms with Crippen LogP contribution in [0.4, 0.5) is 0 Å². The van der Waals surface area contributed by atoms with Gasteiger partial charge in [0, 0.05) is 29.2 Å². The first-order valence-corrected chi connectivity index (χ1v) is 9.48. The maximum atomic E-state index is 12.9. The number of hydrogen-bond donors (Lipinski definition) is 0. The second-order valence-corrected chi connectivity index (χ2v) is 7.62. The number of hydrazone groups is 1. The number of fused-ring (bicyclic) bond motifs is 2. The Kier molecular flexibility index (Phi) is 3.64. The van der Waals surface area contributed by atoms with Crippen LogP contribution in [-0.4, -0.2) is 27.6 Å². The molecule has 5 heteroatoms. The lowest BCUT2D eigenvalue weighted by Crippen LogP contribution is -2.38. The lowest BCUT2D eigenvalue weighted by atomic mass is 9.63. The van der Waals surface area contributed by atoms with Crippen LogP contribution in [0, 0.1) is 23.7 Å². The highest BCUT2D eigenvalue weighted by molar-refractivity contribution is 6.07. The lowest BCUT2D eigenvalue weighted by molar-refractivity contribution is -0.140. The number of nitrogens with zero attached hydrogens (tertiary/aromatic N) is 3. The van der Waals surface area contributed by atoms with E-state index in [4.69, 9.17) is 0 Å². The second kappa shape index (κ2) is 6.05. The molecule has 0 spiro atoms. The number of carbonyl (C=O) groups excluding carboxylic acids is 2. The van der Waals surface area contributed by atoms with Crippen molar-refractivity contribution in [2.75, 3.05) is 0 Å². The van der Waals surface area contributed by atoms with Crippen LogP contribution in [0.2, 0.25) is 0 Å². The van der Waals surface area contributed by atoms with Crippen LogP contribution in [0.1, 0.15) is 18.4 Å². The summed E-state index contributed by atoms with van der Waals surface area (Å²) in [6, 6.07) is 8.03. The van der Waals surface area contributed by atoms with E-state index in [1.807, 2.05) is 36.5 Å². The molecule has 4 aliphatic rings. The van der Waals surface area contributed by atoms with Crippen molar-refractivity contribution in [3.05, 3.63) is 60.8 Å². The number of para-hydroxylation sites is 1. The van der Waals surface area contributed by atoms with Crippen LogP contribution in [-0.2, 0) is 16.1 Å². The number of benzene rings is 1. The van der Waals surface area contributed by atoms with Gasteiger partial charge < -0.3 is 4.57 Å². The average Bonchev–Trinajstić information content (AvgIpc) is 3.19. The van der Waals surface area contributed by atoms with Crippen molar-refractivity contribution in [2.45, 2.75) is 19.4 Å². The molecule has 1 saturated carbocycles. The van der Waals surface area contributed by atoms with Crippen molar-refractivity contribution in [3.8, 4) is 0 Å². The molecular weight excluding hydrogens is 338 g/mol. The zero-order valence-electron chi connectivity index (χ0n) is 15.0. The summed E-state index contributed by atoms with van der Waals surface area (Å²) in [7, 11) is 0. The molecule has 136 valence electrons. The molecule has 3 aliphatic carbocycles. The van der Waals surface area contributed by atoms with Gasteiger partial charge in [-0.25, -0.2) is 0 Å². The Labute approximate surface area is 157 Å². The van der Waals surface area contributed by atoms with E-state index in [1.54, 1.807) is 6.21 Å². The third-order valence-corrected chi connectivity index (χ3v) is 6.19. The van der Waals surface area contributed by atoms with Gasteiger partial charge in [-0.05, 0) is 30.7 Å². The summed E-state index contributed by atoms with van der Waals surface area (Å²) in [5.74, 6) is -0.358. The van der Waals surface area contributed by atoms with Gasteiger partial charge in [-0.3, -0.25) is 9.59 Å². The molecule has 2 aromatic rings. The lowest BCUT2D eigenvalue weighted by Gasteiger charge is -2.37. The van der Waals surface area contributed by atoms with Gasteiger partial charge in [0.15, 0.2) is 0 Å². The van der Waals surface area contributed by atoms with E-state index in [-0.39, 0.29) is 35.5 Å². The van der Waals surface area contributed by atoms with Crippen molar-refractivity contribution in [2.24, 2.45) is 28.8 Å². The fraction of sp³-hybridized carbons (Fsp3) is 0.318. The molecule has 0 N–H and O–H groups in total. The van der Waals surface area contributed by atoms with E-state index in [9.17, 15) is 9.59 Å². The van der Waals surface area contributed by atoms with Gasteiger partial charge in [-0.15, -0.1) is 6.58 Å². The molecule has 1 aromatic carbocycles. The molecule has 2 fully saturated rings. The number of allylic oxidation sites excluding steroid dienone is 3. The first kappa shape index (κ1) is 16.2. The highest BCUT2D eigenvalue weighted by atomic mass is 16.2. The van der Waals surface area contributed by atoms with E-state index >= 15 is 0 Å². The molecule has 1 saturated heterocycles. The molecule has 5 nitrogen and oxygen atoms in total. The molecule has 6 rings (SSSR count).